The lowest BCUT2D eigenvalue weighted by atomic mass is 10.1. The zero-order valence-electron chi connectivity index (χ0n) is 10.7. The van der Waals surface area contributed by atoms with Gasteiger partial charge in [0.25, 0.3) is 0 Å². The van der Waals surface area contributed by atoms with Gasteiger partial charge in [-0.2, -0.15) is 0 Å². The maximum Gasteiger partial charge on any atom is 0.224 e. The van der Waals surface area contributed by atoms with Gasteiger partial charge in [0.15, 0.2) is 0 Å². The summed E-state index contributed by atoms with van der Waals surface area (Å²) < 4.78 is 27.8. The first-order valence-corrected chi connectivity index (χ1v) is 7.93. The molecule has 1 rings (SSSR count). The van der Waals surface area contributed by atoms with E-state index < -0.39 is 11.6 Å². The molecule has 0 heterocycles. The second-order valence-corrected chi connectivity index (χ2v) is 5.41. The smallest absolute Gasteiger partial charge is 0.224 e. The molecule has 0 fully saturated rings. The van der Waals surface area contributed by atoms with Gasteiger partial charge in [-0.25, -0.2) is 8.78 Å². The second-order valence-electron chi connectivity index (χ2n) is 4.33. The standard InChI is InChI=1S/C14H18F2INO/c15-12-6-5-7-13(16)11(12)10-14(19)18-9-4-2-1-3-8-17/h5-7H,1-4,8-10H2,(H,18,19). The molecule has 0 saturated carbocycles. The summed E-state index contributed by atoms with van der Waals surface area (Å²) in [6.45, 7) is 0.566. The predicted molar refractivity (Wildman–Crippen MR) is 80.4 cm³/mol. The molecule has 5 heteroatoms. The molecular formula is C14H18F2INO. The molecule has 1 aromatic carbocycles. The minimum absolute atomic E-state index is 0.162. The molecule has 0 aliphatic carbocycles. The third kappa shape index (κ3) is 6.31. The van der Waals surface area contributed by atoms with E-state index in [0.29, 0.717) is 6.54 Å². The summed E-state index contributed by atoms with van der Waals surface area (Å²) >= 11 is 2.34. The predicted octanol–water partition coefficient (Wildman–Crippen LogP) is 3.62. The number of hydrogen-bond donors (Lipinski definition) is 1. The molecule has 0 aliphatic heterocycles. The lowest BCUT2D eigenvalue weighted by molar-refractivity contribution is -0.120. The fourth-order valence-corrected chi connectivity index (χ4v) is 2.26. The minimum atomic E-state index is -0.669. The highest BCUT2D eigenvalue weighted by Crippen LogP contribution is 2.12. The average molecular weight is 381 g/mol. The molecular weight excluding hydrogens is 363 g/mol. The van der Waals surface area contributed by atoms with Gasteiger partial charge in [0.2, 0.25) is 5.91 Å². The van der Waals surface area contributed by atoms with Gasteiger partial charge in [0.1, 0.15) is 11.6 Å². The van der Waals surface area contributed by atoms with Crippen molar-refractivity contribution in [3.63, 3.8) is 0 Å². The summed E-state index contributed by atoms with van der Waals surface area (Å²) in [6.07, 6.45) is 4.07. The second kappa shape index (κ2) is 9.23. The third-order valence-corrected chi connectivity index (χ3v) is 3.54. The number of halogens is 3. The fraction of sp³-hybridized carbons (Fsp3) is 0.500. The summed E-state index contributed by atoms with van der Waals surface area (Å²) in [7, 11) is 0. The van der Waals surface area contributed by atoms with Crippen LogP contribution in [0.2, 0.25) is 0 Å². The number of nitrogens with one attached hydrogen (secondary N) is 1. The molecule has 2 nitrogen and oxygen atoms in total. The van der Waals surface area contributed by atoms with Crippen LogP contribution in [-0.4, -0.2) is 16.9 Å². The van der Waals surface area contributed by atoms with Crippen molar-refractivity contribution in [2.75, 3.05) is 11.0 Å². The van der Waals surface area contributed by atoms with E-state index in [2.05, 4.69) is 27.9 Å². The number of hydrogen-bond acceptors (Lipinski definition) is 1. The zero-order chi connectivity index (χ0) is 14.1. The van der Waals surface area contributed by atoms with Crippen LogP contribution in [0.25, 0.3) is 0 Å². The van der Waals surface area contributed by atoms with Gasteiger partial charge < -0.3 is 5.32 Å². The van der Waals surface area contributed by atoms with Gasteiger partial charge in [-0.3, -0.25) is 4.79 Å². The summed E-state index contributed by atoms with van der Waals surface area (Å²) in [5, 5.41) is 2.69. The Hall–Kier alpha value is -0.720. The van der Waals surface area contributed by atoms with Gasteiger partial charge in [0.05, 0.1) is 6.42 Å². The minimum Gasteiger partial charge on any atom is -0.356 e. The Bertz CT molecular complexity index is 392. The van der Waals surface area contributed by atoms with Gasteiger partial charge in [0, 0.05) is 12.1 Å². The van der Waals surface area contributed by atoms with Crippen LogP contribution in [0, 0.1) is 11.6 Å². The van der Waals surface area contributed by atoms with Crippen LogP contribution in [0.15, 0.2) is 18.2 Å². The Balaban J connectivity index is 2.28. The van der Waals surface area contributed by atoms with Crippen LogP contribution in [-0.2, 0) is 11.2 Å². The molecule has 0 unspecified atom stereocenters. The maximum atomic E-state index is 13.3. The number of amides is 1. The average Bonchev–Trinajstić information content (AvgIpc) is 2.38. The van der Waals surface area contributed by atoms with Crippen LogP contribution >= 0.6 is 22.6 Å². The van der Waals surface area contributed by atoms with Crippen molar-refractivity contribution in [2.24, 2.45) is 0 Å². The number of benzene rings is 1. The van der Waals surface area contributed by atoms with Gasteiger partial charge in [-0.1, -0.05) is 41.5 Å². The molecule has 0 radical (unpaired) electrons. The summed E-state index contributed by atoms with van der Waals surface area (Å²) in [5.74, 6) is -1.67. The van der Waals surface area contributed by atoms with Crippen LogP contribution in [0.3, 0.4) is 0 Å². The summed E-state index contributed by atoms with van der Waals surface area (Å²) in [5.41, 5.74) is -0.162. The molecule has 0 saturated heterocycles. The molecule has 1 N–H and O–H groups in total. The number of carbonyl (C=O) groups is 1. The monoisotopic (exact) mass is 381 g/mol. The molecule has 0 bridgehead atoms. The van der Waals surface area contributed by atoms with Gasteiger partial charge in [-0.05, 0) is 29.4 Å². The first-order valence-electron chi connectivity index (χ1n) is 6.40. The van der Waals surface area contributed by atoms with Crippen molar-refractivity contribution in [2.45, 2.75) is 32.1 Å². The molecule has 0 aliphatic rings. The van der Waals surface area contributed by atoms with Gasteiger partial charge >= 0.3 is 0 Å². The van der Waals surface area contributed by atoms with Crippen molar-refractivity contribution in [1.82, 2.24) is 5.32 Å². The topological polar surface area (TPSA) is 29.1 Å². The fourth-order valence-electron chi connectivity index (χ4n) is 1.73. The van der Waals surface area contributed by atoms with E-state index in [-0.39, 0.29) is 17.9 Å². The largest absolute Gasteiger partial charge is 0.356 e. The number of alkyl halides is 1. The SMILES string of the molecule is O=C(Cc1c(F)cccc1F)NCCCCCCI. The van der Waals surface area contributed by atoms with Gasteiger partial charge in [-0.15, -0.1) is 0 Å². The lowest BCUT2D eigenvalue weighted by Crippen LogP contribution is -2.26. The Labute approximate surface area is 126 Å². The van der Waals surface area contributed by atoms with Crippen molar-refractivity contribution >= 4 is 28.5 Å². The molecule has 1 aromatic rings. The van der Waals surface area contributed by atoms with E-state index in [9.17, 15) is 13.6 Å². The Morgan fingerprint density at radius 1 is 1.11 bits per heavy atom. The normalized spacial score (nSPS) is 10.5. The van der Waals surface area contributed by atoms with E-state index in [4.69, 9.17) is 0 Å². The lowest BCUT2D eigenvalue weighted by Gasteiger charge is -2.06. The quantitative estimate of drug-likeness (QED) is 0.416. The van der Waals surface area contributed by atoms with Crippen LogP contribution in [0.4, 0.5) is 8.78 Å². The van der Waals surface area contributed by atoms with Crippen LogP contribution < -0.4 is 5.32 Å². The third-order valence-electron chi connectivity index (χ3n) is 2.78. The van der Waals surface area contributed by atoms with Crippen LogP contribution in [0.5, 0.6) is 0 Å². The highest BCUT2D eigenvalue weighted by Gasteiger charge is 2.12. The maximum absolute atomic E-state index is 13.3. The Morgan fingerprint density at radius 2 is 1.74 bits per heavy atom. The van der Waals surface area contributed by atoms with Crippen molar-refractivity contribution in [3.8, 4) is 0 Å². The Morgan fingerprint density at radius 3 is 2.37 bits per heavy atom. The van der Waals surface area contributed by atoms with Crippen molar-refractivity contribution < 1.29 is 13.6 Å². The van der Waals surface area contributed by atoms with E-state index >= 15 is 0 Å². The molecule has 106 valence electrons. The molecule has 19 heavy (non-hydrogen) atoms. The Kier molecular flexibility index (Phi) is 7.93. The summed E-state index contributed by atoms with van der Waals surface area (Å²) in [6, 6.07) is 3.62. The number of carbonyl (C=O) groups excluding carboxylic acids is 1. The first-order chi connectivity index (χ1) is 9.15. The molecule has 1 amide bonds. The van der Waals surface area contributed by atoms with E-state index in [1.165, 1.54) is 12.5 Å². The zero-order valence-corrected chi connectivity index (χ0v) is 12.9. The summed E-state index contributed by atoms with van der Waals surface area (Å²) in [4.78, 5) is 11.6. The van der Waals surface area contributed by atoms with Crippen molar-refractivity contribution in [3.05, 3.63) is 35.4 Å². The number of rotatable bonds is 8. The van der Waals surface area contributed by atoms with Crippen LogP contribution in [0.1, 0.15) is 31.2 Å². The van der Waals surface area contributed by atoms with E-state index in [1.54, 1.807) is 0 Å². The molecule has 0 aromatic heterocycles. The van der Waals surface area contributed by atoms with E-state index in [0.717, 1.165) is 35.8 Å². The van der Waals surface area contributed by atoms with Crippen molar-refractivity contribution in [1.29, 1.82) is 0 Å². The molecule has 0 spiro atoms. The number of unbranched alkanes of at least 4 members (excludes halogenated alkanes) is 3. The van der Waals surface area contributed by atoms with E-state index in [1.807, 2.05) is 0 Å². The highest BCUT2D eigenvalue weighted by molar-refractivity contribution is 14.1. The highest BCUT2D eigenvalue weighted by atomic mass is 127. The first kappa shape index (κ1) is 16.3. The molecule has 0 atom stereocenters.